The van der Waals surface area contributed by atoms with Gasteiger partial charge in [0, 0.05) is 38.1 Å². The van der Waals surface area contributed by atoms with Gasteiger partial charge in [0.15, 0.2) is 0 Å². The minimum Gasteiger partial charge on any atom is -0.370 e. The lowest BCUT2D eigenvalue weighted by molar-refractivity contribution is -0.119. The normalized spacial score (nSPS) is 28.6. The minimum absolute atomic E-state index is 0.102. The first-order valence-corrected chi connectivity index (χ1v) is 5.84. The maximum absolute atomic E-state index is 11.0. The molecule has 0 aromatic carbocycles. The van der Waals surface area contributed by atoms with E-state index in [1.165, 1.54) is 0 Å². The summed E-state index contributed by atoms with van der Waals surface area (Å²) in [5, 5.41) is 0. The fourth-order valence-electron chi connectivity index (χ4n) is 2.55. The van der Waals surface area contributed by atoms with Crippen LogP contribution in [0.25, 0.3) is 0 Å². The molecule has 1 fully saturated rings. The third-order valence-electron chi connectivity index (χ3n) is 3.49. The van der Waals surface area contributed by atoms with Crippen molar-refractivity contribution in [3.8, 4) is 0 Å². The minimum atomic E-state index is -0.267. The summed E-state index contributed by atoms with van der Waals surface area (Å²) in [6.07, 6.45) is 0.364. The fourth-order valence-corrected chi connectivity index (χ4v) is 2.55. The predicted octanol–water partition coefficient (Wildman–Crippen LogP) is -0.929. The molecular formula is C11H24N4O. The van der Waals surface area contributed by atoms with Crippen LogP contribution >= 0.6 is 0 Å². The van der Waals surface area contributed by atoms with Gasteiger partial charge in [0.2, 0.25) is 5.91 Å². The molecule has 5 heteroatoms. The third-order valence-corrected chi connectivity index (χ3v) is 3.49. The molecule has 5 nitrogen and oxygen atoms in total. The smallest absolute Gasteiger partial charge is 0.219 e. The lowest BCUT2D eigenvalue weighted by atomic mass is 10.1. The molecule has 4 N–H and O–H groups in total. The lowest BCUT2D eigenvalue weighted by Crippen LogP contribution is -2.43. The van der Waals surface area contributed by atoms with E-state index in [9.17, 15) is 4.79 Å². The Kier molecular flexibility index (Phi) is 4.70. The highest BCUT2D eigenvalue weighted by Crippen LogP contribution is 2.22. The molecule has 0 aromatic heterocycles. The van der Waals surface area contributed by atoms with Gasteiger partial charge in [-0.1, -0.05) is 6.92 Å². The molecule has 1 aliphatic rings. The van der Waals surface area contributed by atoms with E-state index in [0.717, 1.165) is 13.1 Å². The van der Waals surface area contributed by atoms with Crippen molar-refractivity contribution in [3.63, 3.8) is 0 Å². The molecule has 3 atom stereocenters. The molecule has 0 aliphatic carbocycles. The number of hydrogen-bond donors (Lipinski definition) is 2. The number of rotatable bonds is 5. The average Bonchev–Trinajstić information content (AvgIpc) is 2.56. The number of amides is 1. The fraction of sp³-hybridized carbons (Fsp3) is 0.909. The van der Waals surface area contributed by atoms with Crippen LogP contribution in [0, 0.1) is 5.92 Å². The zero-order valence-corrected chi connectivity index (χ0v) is 10.5. The van der Waals surface area contributed by atoms with Gasteiger partial charge in [-0.2, -0.15) is 0 Å². The molecule has 1 saturated heterocycles. The molecule has 0 radical (unpaired) electrons. The zero-order chi connectivity index (χ0) is 12.3. The molecule has 3 unspecified atom stereocenters. The van der Waals surface area contributed by atoms with Crippen LogP contribution in [0.4, 0.5) is 0 Å². The van der Waals surface area contributed by atoms with Crippen molar-refractivity contribution in [2.24, 2.45) is 17.4 Å². The Labute approximate surface area is 97.7 Å². The number of nitrogens with two attached hydrogens (primary N) is 2. The van der Waals surface area contributed by atoms with E-state index in [4.69, 9.17) is 11.5 Å². The van der Waals surface area contributed by atoms with Gasteiger partial charge in [0.05, 0.1) is 0 Å². The molecular weight excluding hydrogens is 204 g/mol. The van der Waals surface area contributed by atoms with E-state index in [2.05, 4.69) is 30.8 Å². The first-order valence-electron chi connectivity index (χ1n) is 5.84. The van der Waals surface area contributed by atoms with Gasteiger partial charge in [-0.15, -0.1) is 0 Å². The van der Waals surface area contributed by atoms with E-state index in [-0.39, 0.29) is 11.9 Å². The summed E-state index contributed by atoms with van der Waals surface area (Å²) in [5.74, 6) is 0.341. The number of hydrogen-bond acceptors (Lipinski definition) is 4. The Balaban J connectivity index is 2.58. The van der Waals surface area contributed by atoms with Crippen LogP contribution < -0.4 is 11.5 Å². The third kappa shape index (κ3) is 3.17. The van der Waals surface area contributed by atoms with E-state index < -0.39 is 0 Å². The molecule has 0 saturated carbocycles. The van der Waals surface area contributed by atoms with Crippen molar-refractivity contribution in [2.45, 2.75) is 25.4 Å². The Hall–Kier alpha value is -0.650. The number of nitrogens with zero attached hydrogens (tertiary/aromatic N) is 2. The van der Waals surface area contributed by atoms with Crippen molar-refractivity contribution < 1.29 is 4.79 Å². The molecule has 1 aliphatic heterocycles. The Morgan fingerprint density at radius 3 is 2.50 bits per heavy atom. The van der Waals surface area contributed by atoms with Crippen molar-refractivity contribution in [1.82, 2.24) is 9.80 Å². The largest absolute Gasteiger partial charge is 0.370 e. The Bertz CT molecular complexity index is 244. The van der Waals surface area contributed by atoms with E-state index >= 15 is 0 Å². The van der Waals surface area contributed by atoms with Gasteiger partial charge >= 0.3 is 0 Å². The first kappa shape index (κ1) is 13.4. The predicted molar refractivity (Wildman–Crippen MR) is 64.9 cm³/mol. The van der Waals surface area contributed by atoms with Crippen molar-refractivity contribution in [2.75, 3.05) is 33.7 Å². The van der Waals surface area contributed by atoms with Crippen LogP contribution in [-0.4, -0.2) is 61.5 Å². The number of carbonyl (C=O) groups excluding carboxylic acids is 1. The Morgan fingerprint density at radius 1 is 1.50 bits per heavy atom. The summed E-state index contributed by atoms with van der Waals surface area (Å²) in [7, 11) is 4.19. The van der Waals surface area contributed by atoms with E-state index in [0.29, 0.717) is 24.9 Å². The average molecular weight is 228 g/mol. The molecule has 0 spiro atoms. The van der Waals surface area contributed by atoms with Gasteiger partial charge in [0.25, 0.3) is 0 Å². The first-order chi connectivity index (χ1) is 7.45. The lowest BCUT2D eigenvalue weighted by Gasteiger charge is -2.26. The number of carbonyl (C=O) groups is 1. The maximum Gasteiger partial charge on any atom is 0.219 e. The molecule has 94 valence electrons. The van der Waals surface area contributed by atoms with Crippen molar-refractivity contribution >= 4 is 5.91 Å². The second kappa shape index (κ2) is 5.61. The summed E-state index contributed by atoms with van der Waals surface area (Å²) in [5.41, 5.74) is 10.9. The van der Waals surface area contributed by atoms with Gasteiger partial charge in [0.1, 0.15) is 0 Å². The van der Waals surface area contributed by atoms with Crippen LogP contribution in [0.2, 0.25) is 0 Å². The summed E-state index contributed by atoms with van der Waals surface area (Å²) in [6.45, 7) is 4.71. The summed E-state index contributed by atoms with van der Waals surface area (Å²) < 4.78 is 0. The highest BCUT2D eigenvalue weighted by atomic mass is 16.1. The maximum atomic E-state index is 11.0. The summed E-state index contributed by atoms with van der Waals surface area (Å²) in [4.78, 5) is 15.5. The van der Waals surface area contributed by atoms with Crippen LogP contribution in [0.5, 0.6) is 0 Å². The molecule has 0 aromatic rings. The van der Waals surface area contributed by atoms with Gasteiger partial charge in [-0.25, -0.2) is 0 Å². The molecule has 1 heterocycles. The Morgan fingerprint density at radius 2 is 2.12 bits per heavy atom. The van der Waals surface area contributed by atoms with Crippen LogP contribution in [0.3, 0.4) is 0 Å². The van der Waals surface area contributed by atoms with Crippen molar-refractivity contribution in [1.29, 1.82) is 0 Å². The standard InChI is InChI=1S/C11H24N4O/c1-8-6-15(7-10(8)14(2)3)9(5-12)4-11(13)16/h8-10H,4-7,12H2,1-3H3,(H2,13,16). The molecule has 16 heavy (non-hydrogen) atoms. The number of likely N-dealkylation sites (N-methyl/N-ethyl adjacent to an activating group) is 1. The van der Waals surface area contributed by atoms with Crippen LogP contribution in [0.1, 0.15) is 13.3 Å². The molecule has 0 bridgehead atoms. The van der Waals surface area contributed by atoms with Crippen molar-refractivity contribution in [3.05, 3.63) is 0 Å². The SMILES string of the molecule is CC1CN(C(CN)CC(N)=O)CC1N(C)C. The number of primary amides is 1. The quantitative estimate of drug-likeness (QED) is 0.637. The van der Waals surface area contributed by atoms with Gasteiger partial charge in [-0.3, -0.25) is 9.69 Å². The van der Waals surface area contributed by atoms with Crippen LogP contribution in [0.15, 0.2) is 0 Å². The number of likely N-dealkylation sites (tertiary alicyclic amines) is 1. The van der Waals surface area contributed by atoms with Gasteiger partial charge in [-0.05, 0) is 20.0 Å². The van der Waals surface area contributed by atoms with Gasteiger partial charge < -0.3 is 16.4 Å². The van der Waals surface area contributed by atoms with Crippen LogP contribution in [-0.2, 0) is 4.79 Å². The molecule has 1 rings (SSSR count). The second-order valence-electron chi connectivity index (χ2n) is 5.02. The second-order valence-corrected chi connectivity index (χ2v) is 5.02. The molecule has 1 amide bonds. The summed E-state index contributed by atoms with van der Waals surface area (Å²) in [6, 6.07) is 0.645. The highest BCUT2D eigenvalue weighted by Gasteiger charge is 2.34. The highest BCUT2D eigenvalue weighted by molar-refractivity contribution is 5.74. The zero-order valence-electron chi connectivity index (χ0n) is 10.5. The van der Waals surface area contributed by atoms with E-state index in [1.54, 1.807) is 0 Å². The summed E-state index contributed by atoms with van der Waals surface area (Å²) >= 11 is 0. The van der Waals surface area contributed by atoms with E-state index in [1.807, 2.05) is 0 Å². The monoisotopic (exact) mass is 228 g/mol. The topological polar surface area (TPSA) is 75.6 Å².